The molecule has 1 aliphatic heterocycles. The molecule has 2 heterocycles. The fraction of sp³-hybridized carbons (Fsp3) is 0.170. The Kier molecular flexibility index (Phi) is 8.09. The van der Waals surface area contributed by atoms with E-state index in [1.807, 2.05) is 31.3 Å². The van der Waals surface area contributed by atoms with E-state index in [-0.39, 0.29) is 5.92 Å². The van der Waals surface area contributed by atoms with Crippen molar-refractivity contribution in [3.63, 3.8) is 0 Å². The van der Waals surface area contributed by atoms with Crippen LogP contribution in [0.5, 0.6) is 0 Å². The van der Waals surface area contributed by atoms with Gasteiger partial charge in [-0.05, 0) is 93.5 Å². The Balaban J connectivity index is 1.05. The number of benzene rings is 3. The van der Waals surface area contributed by atoms with Crippen molar-refractivity contribution in [2.24, 2.45) is 39.6 Å². The Hall–Kier alpha value is -5.85. The maximum atomic E-state index is 5.74. The van der Waals surface area contributed by atoms with E-state index in [0.29, 0.717) is 23.7 Å². The number of aromatic nitrogens is 1. The van der Waals surface area contributed by atoms with Crippen LogP contribution in [0.25, 0.3) is 44.3 Å². The molecule has 0 spiro atoms. The summed E-state index contributed by atoms with van der Waals surface area (Å²) >= 11 is 0. The Morgan fingerprint density at radius 1 is 0.920 bits per heavy atom. The lowest BCUT2D eigenvalue weighted by molar-refractivity contribution is 0.567. The van der Waals surface area contributed by atoms with Crippen LogP contribution in [0, 0.1) is 41.9 Å². The number of allylic oxidation sites excluding steroid dienone is 12. The van der Waals surface area contributed by atoms with Crippen LogP contribution in [0.4, 0.5) is 0 Å². The maximum Gasteiger partial charge on any atom is 0.0927 e. The quantitative estimate of drug-likeness (QED) is 0.0940. The van der Waals surface area contributed by atoms with E-state index in [1.54, 1.807) is 12.3 Å². The molecule has 0 N–H and O–H groups in total. The third-order valence-corrected chi connectivity index (χ3v) is 10.7. The molecule has 3 nitrogen and oxygen atoms in total. The van der Waals surface area contributed by atoms with Gasteiger partial charge in [0.2, 0.25) is 0 Å². The van der Waals surface area contributed by atoms with Crippen LogP contribution in [0.2, 0.25) is 0 Å². The summed E-state index contributed by atoms with van der Waals surface area (Å²) in [4.78, 5) is 14.3. The number of nitrogens with zero attached hydrogens (tertiary/aromatic N) is 3. The summed E-state index contributed by atoms with van der Waals surface area (Å²) in [6.07, 6.45) is 27.1. The molecular weight excluding hydrogens is 607 g/mol. The smallest absolute Gasteiger partial charge is 0.0927 e. The van der Waals surface area contributed by atoms with Crippen LogP contribution in [-0.2, 0) is 0 Å². The highest BCUT2D eigenvalue weighted by atomic mass is 14.9. The lowest BCUT2D eigenvalue weighted by atomic mass is 9.81. The van der Waals surface area contributed by atoms with Gasteiger partial charge in [-0.3, -0.25) is 9.98 Å². The summed E-state index contributed by atoms with van der Waals surface area (Å²) in [5.74, 6) is 4.22. The summed E-state index contributed by atoms with van der Waals surface area (Å²) in [5.41, 5.74) is 13.6. The minimum atomic E-state index is 0.230. The number of terminal acetylenes is 1. The number of hydrogen-bond acceptors (Lipinski definition) is 3. The molecule has 1 fully saturated rings. The second kappa shape index (κ2) is 12.9. The van der Waals surface area contributed by atoms with E-state index in [1.165, 1.54) is 49.7 Å². The topological polar surface area (TPSA) is 37.6 Å². The predicted octanol–water partition coefficient (Wildman–Crippen LogP) is 11.1. The van der Waals surface area contributed by atoms with Crippen molar-refractivity contribution in [1.82, 2.24) is 4.98 Å². The number of hydrogen-bond donors (Lipinski definition) is 0. The standard InChI is InChI=1S/C47H39N3/c1-6-14-42(48-7-2)47-46-40(28-43(50-47)41-21-10-11-26-49-41)44(46)32-23-22-31(5)39(27-32)30(4)16-12-15-29(3)33-24-25-38-35-18-9-8-17-34(35)37-20-13-19-36(33)45(37)38/h1,7-28,31,39-40,44,46H,3H2,2,4-5H3/b15-12-,30-16+,42-14-,48-7-/t31?,39-,40?,44?,46?/m1/s1. The first-order chi connectivity index (χ1) is 24.5. The van der Waals surface area contributed by atoms with Gasteiger partial charge in [0.1, 0.15) is 0 Å². The molecule has 4 unspecified atom stereocenters. The molecule has 3 aromatic carbocycles. The number of pyridine rings is 1. The molecule has 0 saturated heterocycles. The molecule has 3 heteroatoms. The summed E-state index contributed by atoms with van der Waals surface area (Å²) in [6, 6.07) is 25.8. The minimum Gasteiger partial charge on any atom is -0.259 e. The largest absolute Gasteiger partial charge is 0.259 e. The first-order valence-corrected chi connectivity index (χ1v) is 17.4. The fourth-order valence-electron chi connectivity index (χ4n) is 8.20. The zero-order valence-electron chi connectivity index (χ0n) is 28.7. The second-order valence-corrected chi connectivity index (χ2v) is 13.6. The van der Waals surface area contributed by atoms with Crippen molar-refractivity contribution in [3.8, 4) is 34.6 Å². The average Bonchev–Trinajstić information content (AvgIpc) is 3.79. The molecule has 0 radical (unpaired) electrons. The zero-order valence-corrected chi connectivity index (χ0v) is 28.7. The first kappa shape index (κ1) is 31.4. The highest BCUT2D eigenvalue weighted by molar-refractivity contribution is 6.17. The van der Waals surface area contributed by atoms with E-state index in [0.717, 1.165) is 28.4 Å². The van der Waals surface area contributed by atoms with Crippen molar-refractivity contribution in [2.75, 3.05) is 0 Å². The monoisotopic (exact) mass is 645 g/mol. The molecular formula is C47H39N3. The molecule has 50 heavy (non-hydrogen) atoms. The lowest BCUT2D eigenvalue weighted by Gasteiger charge is -2.24. The predicted molar refractivity (Wildman–Crippen MR) is 211 cm³/mol. The average molecular weight is 646 g/mol. The van der Waals surface area contributed by atoms with Gasteiger partial charge in [0, 0.05) is 30.3 Å². The van der Waals surface area contributed by atoms with Gasteiger partial charge in [0.15, 0.2) is 0 Å². The van der Waals surface area contributed by atoms with Crippen molar-refractivity contribution >= 4 is 34.0 Å². The molecule has 1 saturated carbocycles. The van der Waals surface area contributed by atoms with E-state index in [9.17, 15) is 0 Å². The molecule has 3 aliphatic carbocycles. The van der Waals surface area contributed by atoms with E-state index in [4.69, 9.17) is 11.4 Å². The van der Waals surface area contributed by atoms with Gasteiger partial charge in [0.05, 0.1) is 22.8 Å². The molecule has 8 rings (SSSR count). The molecule has 4 aliphatic rings. The van der Waals surface area contributed by atoms with Gasteiger partial charge in [-0.15, -0.1) is 6.42 Å². The fourth-order valence-corrected chi connectivity index (χ4v) is 8.20. The van der Waals surface area contributed by atoms with Crippen molar-refractivity contribution < 1.29 is 0 Å². The molecule has 5 atom stereocenters. The van der Waals surface area contributed by atoms with Gasteiger partial charge in [-0.2, -0.15) is 0 Å². The van der Waals surface area contributed by atoms with Crippen LogP contribution in [0.3, 0.4) is 0 Å². The van der Waals surface area contributed by atoms with Gasteiger partial charge in [0.25, 0.3) is 0 Å². The van der Waals surface area contributed by atoms with Crippen LogP contribution in [-0.4, -0.2) is 16.9 Å². The van der Waals surface area contributed by atoms with Crippen molar-refractivity contribution in [1.29, 1.82) is 0 Å². The van der Waals surface area contributed by atoms with Gasteiger partial charge in [-0.1, -0.05) is 128 Å². The summed E-state index contributed by atoms with van der Waals surface area (Å²) in [6.45, 7) is 11.0. The third-order valence-electron chi connectivity index (χ3n) is 10.7. The van der Waals surface area contributed by atoms with E-state index >= 15 is 0 Å². The van der Waals surface area contributed by atoms with Gasteiger partial charge < -0.3 is 0 Å². The highest BCUT2D eigenvalue weighted by Crippen LogP contribution is 2.58. The Labute approximate surface area is 295 Å². The molecule has 4 aromatic rings. The number of aliphatic imine (C=N–C) groups is 2. The summed E-state index contributed by atoms with van der Waals surface area (Å²) in [5, 5.41) is 2.58. The van der Waals surface area contributed by atoms with Crippen LogP contribution < -0.4 is 0 Å². The Morgan fingerprint density at radius 2 is 1.70 bits per heavy atom. The van der Waals surface area contributed by atoms with Crippen molar-refractivity contribution in [2.45, 2.75) is 20.8 Å². The SMILES string of the molecule is C#C/C=C(\N=C/C)C1=NC(c2ccccn2)=CC2C(C3=C[C@H](/C(C)=C/C=C\C(=C)c4ccc5c6c(cccc46)-c4ccccc4-5)C(C)C=C3)C12. The van der Waals surface area contributed by atoms with E-state index in [2.05, 4.69) is 133 Å². The Morgan fingerprint density at radius 3 is 2.46 bits per heavy atom. The summed E-state index contributed by atoms with van der Waals surface area (Å²) < 4.78 is 0. The maximum absolute atomic E-state index is 5.74. The van der Waals surface area contributed by atoms with Gasteiger partial charge in [-0.25, -0.2) is 4.99 Å². The highest BCUT2D eigenvalue weighted by Gasteiger charge is 2.55. The van der Waals surface area contributed by atoms with Crippen LogP contribution in [0.15, 0.2) is 161 Å². The van der Waals surface area contributed by atoms with Crippen LogP contribution >= 0.6 is 0 Å². The molecule has 1 aromatic heterocycles. The summed E-state index contributed by atoms with van der Waals surface area (Å²) in [7, 11) is 0. The molecule has 242 valence electrons. The van der Waals surface area contributed by atoms with Crippen molar-refractivity contribution in [3.05, 3.63) is 162 Å². The minimum absolute atomic E-state index is 0.230. The lowest BCUT2D eigenvalue weighted by Crippen LogP contribution is -2.14. The second-order valence-electron chi connectivity index (χ2n) is 13.6. The number of fused-ring (bicyclic) bond motifs is 4. The Bertz CT molecular complexity index is 2320. The first-order valence-electron chi connectivity index (χ1n) is 17.4. The third kappa shape index (κ3) is 5.38. The zero-order chi connectivity index (χ0) is 34.4. The van der Waals surface area contributed by atoms with Crippen LogP contribution in [0.1, 0.15) is 32.0 Å². The molecule has 0 amide bonds. The van der Waals surface area contributed by atoms with E-state index < -0.39 is 0 Å². The normalized spacial score (nSPS) is 23.7. The molecule has 0 bridgehead atoms. The number of rotatable bonds is 8. The van der Waals surface area contributed by atoms with Gasteiger partial charge >= 0.3 is 0 Å².